The van der Waals surface area contributed by atoms with Gasteiger partial charge in [-0.15, -0.1) is 0 Å². The molecule has 0 heterocycles. The number of nitrogens with one attached hydrogen (secondary N) is 1. The molecule has 1 unspecified atom stereocenters. The highest BCUT2D eigenvalue weighted by Gasteiger charge is 2.11. The normalized spacial score (nSPS) is 12.5. The van der Waals surface area contributed by atoms with Gasteiger partial charge in [0.1, 0.15) is 11.6 Å². The topological polar surface area (TPSA) is 59.1 Å². The second-order valence-corrected chi connectivity index (χ2v) is 3.91. The van der Waals surface area contributed by atoms with Gasteiger partial charge in [-0.1, -0.05) is 32.0 Å². The van der Waals surface area contributed by atoms with Crippen molar-refractivity contribution in [3.63, 3.8) is 0 Å². The molecular formula is C12H18N2O. The second kappa shape index (κ2) is 4.82. The molecule has 0 saturated carbocycles. The summed E-state index contributed by atoms with van der Waals surface area (Å²) in [6.45, 7) is 6.00. The van der Waals surface area contributed by atoms with Crippen molar-refractivity contribution < 1.29 is 4.74 Å². The smallest absolute Gasteiger partial charge is 0.152 e. The third kappa shape index (κ3) is 2.98. The van der Waals surface area contributed by atoms with E-state index in [1.54, 1.807) is 6.92 Å². The molecule has 0 radical (unpaired) electrons. The lowest BCUT2D eigenvalue weighted by Crippen LogP contribution is -2.30. The Morgan fingerprint density at radius 2 is 1.87 bits per heavy atom. The molecule has 1 aromatic rings. The van der Waals surface area contributed by atoms with Gasteiger partial charge in [0.2, 0.25) is 0 Å². The van der Waals surface area contributed by atoms with E-state index in [1.165, 1.54) is 0 Å². The van der Waals surface area contributed by atoms with Crippen LogP contribution < -0.4 is 10.5 Å². The fourth-order valence-electron chi connectivity index (χ4n) is 1.32. The molecule has 0 bridgehead atoms. The molecule has 0 fully saturated rings. The molecule has 1 aromatic carbocycles. The molecule has 0 aliphatic carbocycles. The summed E-state index contributed by atoms with van der Waals surface area (Å²) >= 11 is 0. The van der Waals surface area contributed by atoms with Gasteiger partial charge in [0.05, 0.1) is 0 Å². The Bertz CT molecular complexity index is 347. The average Bonchev–Trinajstić information content (AvgIpc) is 2.18. The largest absolute Gasteiger partial charge is 0.483 e. The molecule has 15 heavy (non-hydrogen) atoms. The number of para-hydroxylation sites is 1. The maximum absolute atomic E-state index is 7.28. The molecule has 1 rings (SSSR count). The minimum absolute atomic E-state index is 0.0496. The monoisotopic (exact) mass is 206 g/mol. The van der Waals surface area contributed by atoms with E-state index >= 15 is 0 Å². The van der Waals surface area contributed by atoms with Crippen molar-refractivity contribution in [2.45, 2.75) is 32.8 Å². The number of benzene rings is 1. The first-order chi connectivity index (χ1) is 7.02. The number of nitrogens with two attached hydrogens (primary N) is 1. The predicted molar refractivity (Wildman–Crippen MR) is 62.5 cm³/mol. The molecule has 1 atom stereocenters. The quantitative estimate of drug-likeness (QED) is 0.587. The second-order valence-electron chi connectivity index (χ2n) is 3.91. The molecule has 0 amide bonds. The van der Waals surface area contributed by atoms with E-state index in [0.717, 1.165) is 11.3 Å². The zero-order valence-electron chi connectivity index (χ0n) is 9.45. The average molecular weight is 206 g/mol. The number of amidine groups is 1. The van der Waals surface area contributed by atoms with Gasteiger partial charge in [0.15, 0.2) is 6.10 Å². The highest BCUT2D eigenvalue weighted by atomic mass is 16.5. The highest BCUT2D eigenvalue weighted by molar-refractivity contribution is 5.81. The van der Waals surface area contributed by atoms with E-state index in [4.69, 9.17) is 15.9 Å². The molecular weight excluding hydrogens is 188 g/mol. The molecule has 3 N–H and O–H groups in total. The lowest BCUT2D eigenvalue weighted by Gasteiger charge is -2.17. The third-order valence-corrected chi connectivity index (χ3v) is 2.28. The Kier molecular flexibility index (Phi) is 3.72. The van der Waals surface area contributed by atoms with Crippen LogP contribution >= 0.6 is 0 Å². The van der Waals surface area contributed by atoms with Crippen molar-refractivity contribution >= 4 is 5.84 Å². The summed E-state index contributed by atoms with van der Waals surface area (Å²) in [6, 6.07) is 7.86. The number of rotatable bonds is 4. The molecule has 0 aliphatic heterocycles. The summed E-state index contributed by atoms with van der Waals surface area (Å²) in [7, 11) is 0. The van der Waals surface area contributed by atoms with Crippen LogP contribution in [-0.2, 0) is 0 Å². The minimum Gasteiger partial charge on any atom is -0.483 e. The number of hydrogen-bond acceptors (Lipinski definition) is 2. The van der Waals surface area contributed by atoms with E-state index in [1.807, 2.05) is 24.3 Å². The minimum atomic E-state index is -0.370. The molecule has 0 aliphatic rings. The first-order valence-corrected chi connectivity index (χ1v) is 5.12. The first kappa shape index (κ1) is 11.6. The molecule has 0 saturated heterocycles. The molecule has 0 spiro atoms. The van der Waals surface area contributed by atoms with E-state index in [2.05, 4.69) is 13.8 Å². The summed E-state index contributed by atoms with van der Waals surface area (Å²) in [5.74, 6) is 1.27. The van der Waals surface area contributed by atoms with Crippen molar-refractivity contribution in [1.82, 2.24) is 0 Å². The summed E-state index contributed by atoms with van der Waals surface area (Å²) in [6.07, 6.45) is -0.370. The Morgan fingerprint density at radius 3 is 2.40 bits per heavy atom. The molecule has 3 nitrogen and oxygen atoms in total. The summed E-state index contributed by atoms with van der Waals surface area (Å²) < 4.78 is 5.62. The third-order valence-electron chi connectivity index (χ3n) is 2.28. The van der Waals surface area contributed by atoms with Crippen LogP contribution in [0.4, 0.5) is 0 Å². The van der Waals surface area contributed by atoms with Gasteiger partial charge in [0.25, 0.3) is 0 Å². The molecule has 0 aromatic heterocycles. The standard InChI is InChI=1S/C12H18N2O/c1-8(2)10-6-4-5-7-11(10)15-9(3)12(13)14/h4-9H,1-3H3,(H3,13,14). The Morgan fingerprint density at radius 1 is 1.27 bits per heavy atom. The van der Waals surface area contributed by atoms with Crippen LogP contribution in [0.15, 0.2) is 24.3 Å². The molecule has 82 valence electrons. The van der Waals surface area contributed by atoms with Crippen LogP contribution in [0.1, 0.15) is 32.3 Å². The van der Waals surface area contributed by atoms with Crippen LogP contribution in [0, 0.1) is 5.41 Å². The van der Waals surface area contributed by atoms with Gasteiger partial charge >= 0.3 is 0 Å². The summed E-state index contributed by atoms with van der Waals surface area (Å²) in [5.41, 5.74) is 6.51. The fraction of sp³-hybridized carbons (Fsp3) is 0.417. The SMILES string of the molecule is CC(Oc1ccccc1C(C)C)C(=N)N. The van der Waals surface area contributed by atoms with Gasteiger partial charge in [-0.3, -0.25) is 5.41 Å². The summed E-state index contributed by atoms with van der Waals surface area (Å²) in [5, 5.41) is 7.28. The van der Waals surface area contributed by atoms with E-state index < -0.39 is 0 Å². The van der Waals surface area contributed by atoms with Crippen molar-refractivity contribution in [3.8, 4) is 5.75 Å². The highest BCUT2D eigenvalue weighted by Crippen LogP contribution is 2.26. The maximum Gasteiger partial charge on any atom is 0.152 e. The number of hydrogen-bond donors (Lipinski definition) is 2. The van der Waals surface area contributed by atoms with Crippen LogP contribution in [0.25, 0.3) is 0 Å². The predicted octanol–water partition coefficient (Wildman–Crippen LogP) is 2.51. The van der Waals surface area contributed by atoms with E-state index in [0.29, 0.717) is 5.92 Å². The zero-order valence-corrected chi connectivity index (χ0v) is 9.45. The Balaban J connectivity index is 2.89. The zero-order chi connectivity index (χ0) is 11.4. The van der Waals surface area contributed by atoms with Gasteiger partial charge in [-0.05, 0) is 24.5 Å². The van der Waals surface area contributed by atoms with E-state index in [9.17, 15) is 0 Å². The van der Waals surface area contributed by atoms with E-state index in [-0.39, 0.29) is 11.9 Å². The maximum atomic E-state index is 7.28. The first-order valence-electron chi connectivity index (χ1n) is 5.12. The lowest BCUT2D eigenvalue weighted by molar-refractivity contribution is 0.281. The van der Waals surface area contributed by atoms with Gasteiger partial charge < -0.3 is 10.5 Å². The van der Waals surface area contributed by atoms with Gasteiger partial charge in [-0.2, -0.15) is 0 Å². The van der Waals surface area contributed by atoms with Crippen molar-refractivity contribution in [1.29, 1.82) is 5.41 Å². The number of ether oxygens (including phenoxy) is 1. The van der Waals surface area contributed by atoms with Gasteiger partial charge in [0, 0.05) is 0 Å². The van der Waals surface area contributed by atoms with Crippen LogP contribution in [-0.4, -0.2) is 11.9 Å². The Hall–Kier alpha value is -1.51. The van der Waals surface area contributed by atoms with Crippen molar-refractivity contribution in [3.05, 3.63) is 29.8 Å². The van der Waals surface area contributed by atoms with Crippen LogP contribution in [0.2, 0.25) is 0 Å². The van der Waals surface area contributed by atoms with Crippen molar-refractivity contribution in [2.24, 2.45) is 5.73 Å². The lowest BCUT2D eigenvalue weighted by atomic mass is 10.0. The molecule has 3 heteroatoms. The van der Waals surface area contributed by atoms with Crippen LogP contribution in [0.3, 0.4) is 0 Å². The van der Waals surface area contributed by atoms with Crippen molar-refractivity contribution in [2.75, 3.05) is 0 Å². The summed E-state index contributed by atoms with van der Waals surface area (Å²) in [4.78, 5) is 0. The van der Waals surface area contributed by atoms with Gasteiger partial charge in [-0.25, -0.2) is 0 Å². The van der Waals surface area contributed by atoms with Crippen LogP contribution in [0.5, 0.6) is 5.75 Å². The Labute approximate surface area is 90.8 Å². The fourth-order valence-corrected chi connectivity index (χ4v) is 1.32.